The minimum absolute atomic E-state index is 0.380. The zero-order chi connectivity index (χ0) is 14.9. The van der Waals surface area contributed by atoms with Crippen LogP contribution in [0.25, 0.3) is 0 Å². The van der Waals surface area contributed by atoms with E-state index >= 15 is 0 Å². The number of halogens is 1. The number of fused-ring (bicyclic) bond motifs is 2. The second kappa shape index (κ2) is 5.31. The summed E-state index contributed by atoms with van der Waals surface area (Å²) < 4.78 is 0. The number of nitrogens with zero attached hydrogens (tertiary/aromatic N) is 3. The van der Waals surface area contributed by atoms with E-state index in [2.05, 4.69) is 38.6 Å². The second-order valence-corrected chi connectivity index (χ2v) is 5.51. The Bertz CT molecular complexity index is 820. The maximum absolute atomic E-state index is 5.98. The standard InChI is InChI=1S/C17H13ClN4/c18-16-10-14-17(21-20-16)22(11-12-6-2-1-3-7-12)15-9-5-4-8-13(15)19-14/h1-10,19H,11H2. The van der Waals surface area contributed by atoms with Gasteiger partial charge in [0.05, 0.1) is 17.1 Å². The van der Waals surface area contributed by atoms with Crippen molar-refractivity contribution < 1.29 is 0 Å². The molecule has 0 saturated carbocycles. The summed E-state index contributed by atoms with van der Waals surface area (Å²) in [4.78, 5) is 2.15. The van der Waals surface area contributed by atoms with Crippen molar-refractivity contribution in [3.05, 3.63) is 71.4 Å². The first-order valence-corrected chi connectivity index (χ1v) is 7.40. The Morgan fingerprint density at radius 2 is 1.68 bits per heavy atom. The van der Waals surface area contributed by atoms with Crippen molar-refractivity contribution in [3.63, 3.8) is 0 Å². The highest BCUT2D eigenvalue weighted by Crippen LogP contribution is 2.43. The lowest BCUT2D eigenvalue weighted by molar-refractivity contribution is 0.900. The Balaban J connectivity index is 1.82. The maximum atomic E-state index is 5.98. The van der Waals surface area contributed by atoms with Gasteiger partial charge in [-0.1, -0.05) is 54.1 Å². The Morgan fingerprint density at radius 1 is 0.909 bits per heavy atom. The van der Waals surface area contributed by atoms with E-state index in [1.807, 2.05) is 36.4 Å². The van der Waals surface area contributed by atoms with E-state index in [-0.39, 0.29) is 0 Å². The van der Waals surface area contributed by atoms with Crippen LogP contribution in [0.3, 0.4) is 0 Å². The average Bonchev–Trinajstić information content (AvgIpc) is 2.55. The maximum Gasteiger partial charge on any atom is 0.179 e. The second-order valence-electron chi connectivity index (χ2n) is 5.12. The third-order valence-electron chi connectivity index (χ3n) is 3.65. The van der Waals surface area contributed by atoms with E-state index in [0.29, 0.717) is 5.15 Å². The highest BCUT2D eigenvalue weighted by molar-refractivity contribution is 6.29. The van der Waals surface area contributed by atoms with Crippen LogP contribution in [0.15, 0.2) is 60.7 Å². The molecule has 0 aliphatic carbocycles. The van der Waals surface area contributed by atoms with Crippen molar-refractivity contribution in [2.75, 3.05) is 10.2 Å². The van der Waals surface area contributed by atoms with Crippen molar-refractivity contribution in [1.29, 1.82) is 0 Å². The Labute approximate surface area is 133 Å². The minimum Gasteiger partial charge on any atom is -0.351 e. The van der Waals surface area contributed by atoms with E-state index in [1.165, 1.54) is 5.56 Å². The van der Waals surface area contributed by atoms with Crippen molar-refractivity contribution in [2.24, 2.45) is 0 Å². The van der Waals surface area contributed by atoms with Crippen molar-refractivity contribution in [3.8, 4) is 0 Å². The quantitative estimate of drug-likeness (QED) is 0.755. The first-order valence-electron chi connectivity index (χ1n) is 7.02. The highest BCUT2D eigenvalue weighted by atomic mass is 35.5. The lowest BCUT2D eigenvalue weighted by Gasteiger charge is -2.32. The SMILES string of the molecule is Clc1cc2c(nn1)N(Cc1ccccc1)c1ccccc1N2. The van der Waals surface area contributed by atoms with E-state index in [9.17, 15) is 0 Å². The number of benzene rings is 2. The van der Waals surface area contributed by atoms with Gasteiger partial charge >= 0.3 is 0 Å². The zero-order valence-electron chi connectivity index (χ0n) is 11.7. The van der Waals surface area contributed by atoms with Gasteiger partial charge in [0.25, 0.3) is 0 Å². The van der Waals surface area contributed by atoms with E-state index < -0.39 is 0 Å². The largest absolute Gasteiger partial charge is 0.351 e. The smallest absolute Gasteiger partial charge is 0.179 e. The number of hydrogen-bond donors (Lipinski definition) is 1. The molecule has 2 heterocycles. The van der Waals surface area contributed by atoms with E-state index in [1.54, 1.807) is 6.07 Å². The molecule has 0 saturated heterocycles. The summed E-state index contributed by atoms with van der Waals surface area (Å²) in [7, 11) is 0. The molecule has 0 spiro atoms. The van der Waals surface area contributed by atoms with Gasteiger partial charge in [-0.05, 0) is 17.7 Å². The molecule has 4 rings (SSSR count). The van der Waals surface area contributed by atoms with Crippen LogP contribution in [0.1, 0.15) is 5.56 Å². The number of rotatable bonds is 2. The van der Waals surface area contributed by atoms with Gasteiger partial charge in [0.2, 0.25) is 0 Å². The van der Waals surface area contributed by atoms with Crippen LogP contribution in [-0.2, 0) is 6.54 Å². The molecule has 3 aromatic rings. The Kier molecular flexibility index (Phi) is 3.16. The van der Waals surface area contributed by atoms with Crippen LogP contribution in [0.2, 0.25) is 5.15 Å². The molecule has 22 heavy (non-hydrogen) atoms. The molecule has 0 radical (unpaired) electrons. The number of para-hydroxylation sites is 2. The molecular weight excluding hydrogens is 296 g/mol. The van der Waals surface area contributed by atoms with Crippen LogP contribution in [-0.4, -0.2) is 10.2 Å². The molecule has 0 fully saturated rings. The van der Waals surface area contributed by atoms with Gasteiger partial charge in [0.15, 0.2) is 11.0 Å². The molecular formula is C17H13ClN4. The fourth-order valence-corrected chi connectivity index (χ4v) is 2.80. The monoisotopic (exact) mass is 308 g/mol. The lowest BCUT2D eigenvalue weighted by Crippen LogP contribution is -2.23. The van der Waals surface area contributed by atoms with Crippen LogP contribution in [0, 0.1) is 0 Å². The minimum atomic E-state index is 0.380. The topological polar surface area (TPSA) is 41.1 Å². The number of anilines is 4. The molecule has 0 bridgehead atoms. The van der Waals surface area contributed by atoms with E-state index in [4.69, 9.17) is 11.6 Å². The van der Waals surface area contributed by atoms with Crippen LogP contribution in [0.4, 0.5) is 22.9 Å². The molecule has 1 aromatic heterocycles. The van der Waals surface area contributed by atoms with Crippen molar-refractivity contribution >= 4 is 34.5 Å². The third-order valence-corrected chi connectivity index (χ3v) is 3.83. The summed E-state index contributed by atoms with van der Waals surface area (Å²) in [5.41, 5.74) is 4.20. The predicted molar refractivity (Wildman–Crippen MR) is 89.1 cm³/mol. The molecule has 1 N–H and O–H groups in total. The molecule has 108 valence electrons. The Hall–Kier alpha value is -2.59. The third kappa shape index (κ3) is 2.27. The first kappa shape index (κ1) is 13.1. The zero-order valence-corrected chi connectivity index (χ0v) is 12.5. The number of aromatic nitrogens is 2. The average molecular weight is 309 g/mol. The molecule has 1 aliphatic heterocycles. The molecule has 1 aliphatic rings. The summed E-state index contributed by atoms with van der Waals surface area (Å²) in [5.74, 6) is 0.784. The van der Waals surface area contributed by atoms with Crippen LogP contribution >= 0.6 is 11.6 Å². The summed E-state index contributed by atoms with van der Waals surface area (Å²) in [5, 5.41) is 12.0. The van der Waals surface area contributed by atoms with Gasteiger partial charge in [0, 0.05) is 12.6 Å². The first-order chi connectivity index (χ1) is 10.8. The molecule has 0 amide bonds. The normalized spacial score (nSPS) is 12.3. The van der Waals surface area contributed by atoms with Gasteiger partial charge in [-0.3, -0.25) is 0 Å². The number of nitrogens with one attached hydrogen (secondary N) is 1. The molecule has 4 nitrogen and oxygen atoms in total. The molecule has 0 atom stereocenters. The summed E-state index contributed by atoms with van der Waals surface area (Å²) >= 11 is 5.98. The summed E-state index contributed by atoms with van der Waals surface area (Å²) in [6, 6.07) is 20.3. The van der Waals surface area contributed by atoms with Crippen LogP contribution in [0.5, 0.6) is 0 Å². The van der Waals surface area contributed by atoms with Gasteiger partial charge in [-0.2, -0.15) is 0 Å². The lowest BCUT2D eigenvalue weighted by atomic mass is 10.1. The predicted octanol–water partition coefficient (Wildman–Crippen LogP) is 4.53. The van der Waals surface area contributed by atoms with Crippen molar-refractivity contribution in [1.82, 2.24) is 10.2 Å². The van der Waals surface area contributed by atoms with E-state index in [0.717, 1.165) is 29.4 Å². The summed E-state index contributed by atoms with van der Waals surface area (Å²) in [6.45, 7) is 0.725. The highest BCUT2D eigenvalue weighted by Gasteiger charge is 2.24. The Morgan fingerprint density at radius 3 is 2.55 bits per heavy atom. The number of hydrogen-bond acceptors (Lipinski definition) is 4. The molecule has 5 heteroatoms. The van der Waals surface area contributed by atoms with Gasteiger partial charge in [-0.25, -0.2) is 0 Å². The van der Waals surface area contributed by atoms with Crippen LogP contribution < -0.4 is 10.2 Å². The summed E-state index contributed by atoms with van der Waals surface area (Å²) in [6.07, 6.45) is 0. The fraction of sp³-hybridized carbons (Fsp3) is 0.0588. The van der Waals surface area contributed by atoms with Crippen molar-refractivity contribution in [2.45, 2.75) is 6.54 Å². The molecule has 2 aromatic carbocycles. The fourth-order valence-electron chi connectivity index (χ4n) is 2.65. The van der Waals surface area contributed by atoms with Gasteiger partial charge in [0.1, 0.15) is 0 Å². The van der Waals surface area contributed by atoms with Gasteiger partial charge in [-0.15, -0.1) is 10.2 Å². The molecule has 0 unspecified atom stereocenters. The van der Waals surface area contributed by atoms with Gasteiger partial charge < -0.3 is 10.2 Å².